The Morgan fingerprint density at radius 2 is 1.55 bits per heavy atom. The molecule has 3 N–H and O–H groups in total. The molecule has 0 unspecified atom stereocenters. The lowest BCUT2D eigenvalue weighted by atomic mass is 10.2. The molecule has 0 radical (unpaired) electrons. The molecule has 1 aromatic carbocycles. The summed E-state index contributed by atoms with van der Waals surface area (Å²) in [6.07, 6.45) is -2.97. The molecule has 0 aliphatic carbocycles. The molecule has 0 aliphatic rings. The van der Waals surface area contributed by atoms with Crippen LogP contribution in [0.2, 0.25) is 0 Å². The van der Waals surface area contributed by atoms with Crippen molar-refractivity contribution in [2.24, 2.45) is 0 Å². The zero-order valence-corrected chi connectivity index (χ0v) is 22.1. The summed E-state index contributed by atoms with van der Waals surface area (Å²) in [6.45, 7) is 6.05. The molecule has 0 bridgehead atoms. The molecule has 0 spiro atoms. The van der Waals surface area contributed by atoms with Gasteiger partial charge in [-0.05, 0) is 64.3 Å². The Labute approximate surface area is 222 Å². The maximum atomic E-state index is 12.2. The van der Waals surface area contributed by atoms with Gasteiger partial charge in [0.05, 0.1) is 6.54 Å². The first-order chi connectivity index (χ1) is 17.8. The van der Waals surface area contributed by atoms with E-state index < -0.39 is 29.7 Å². The van der Waals surface area contributed by atoms with Crippen molar-refractivity contribution < 1.29 is 41.8 Å². The summed E-state index contributed by atoms with van der Waals surface area (Å²) in [5.41, 5.74) is -0.302. The maximum absolute atomic E-state index is 12.2. The third kappa shape index (κ3) is 13.1. The molecule has 0 saturated carbocycles. The molecule has 1 heterocycles. The van der Waals surface area contributed by atoms with Gasteiger partial charge >= 0.3 is 12.5 Å². The number of rotatable bonds is 13. The molecule has 0 aliphatic heterocycles. The highest BCUT2D eigenvalue weighted by Gasteiger charge is 2.31. The predicted molar refractivity (Wildman–Crippen MR) is 133 cm³/mol. The number of hydrogen-bond acceptors (Lipinski definition) is 8. The number of amides is 3. The van der Waals surface area contributed by atoms with Gasteiger partial charge in [-0.1, -0.05) is 0 Å². The number of alkyl carbamates (subject to hydrolysis) is 1. The Morgan fingerprint density at radius 1 is 0.921 bits per heavy atom. The number of carbonyl (C=O) groups excluding carboxylic acids is 3. The van der Waals surface area contributed by atoms with Crippen molar-refractivity contribution in [3.8, 4) is 11.5 Å². The molecule has 210 valence electrons. The molecule has 0 atom stereocenters. The fourth-order valence-electron chi connectivity index (χ4n) is 2.83. The first kappa shape index (κ1) is 30.7. The molecule has 1 aromatic heterocycles. The van der Waals surface area contributed by atoms with Crippen LogP contribution in [0.25, 0.3) is 0 Å². The SMILES string of the molecule is CC(C)(C)OC(=O)NCCCCCNC(=O)c1csc(CNC(=O)COc2ccc(OC(F)(F)F)cc2)n1. The van der Waals surface area contributed by atoms with Crippen LogP contribution in [0, 0.1) is 0 Å². The highest BCUT2D eigenvalue weighted by atomic mass is 32.1. The number of nitrogens with one attached hydrogen (secondary N) is 3. The quantitative estimate of drug-likeness (QED) is 0.314. The fourth-order valence-corrected chi connectivity index (χ4v) is 3.55. The van der Waals surface area contributed by atoms with Crippen LogP contribution in [-0.2, 0) is 16.1 Å². The Kier molecular flexibility index (Phi) is 11.6. The van der Waals surface area contributed by atoms with Crippen LogP contribution in [-0.4, -0.2) is 54.6 Å². The number of hydrogen-bond donors (Lipinski definition) is 3. The molecule has 2 aromatic rings. The number of unbranched alkanes of at least 4 members (excludes halogenated alkanes) is 2. The molecular formula is C24H31F3N4O6S. The lowest BCUT2D eigenvalue weighted by molar-refractivity contribution is -0.274. The zero-order chi connectivity index (χ0) is 28.2. The van der Waals surface area contributed by atoms with Gasteiger partial charge in [0, 0.05) is 18.5 Å². The van der Waals surface area contributed by atoms with Crippen molar-refractivity contribution in [2.75, 3.05) is 19.7 Å². The third-order valence-corrected chi connectivity index (χ3v) is 5.30. The van der Waals surface area contributed by atoms with Gasteiger partial charge in [-0.25, -0.2) is 9.78 Å². The number of alkyl halides is 3. The van der Waals surface area contributed by atoms with Crippen LogP contribution in [0.4, 0.5) is 18.0 Å². The smallest absolute Gasteiger partial charge is 0.484 e. The van der Waals surface area contributed by atoms with E-state index in [1.165, 1.54) is 23.5 Å². The molecule has 14 heteroatoms. The number of ether oxygens (including phenoxy) is 3. The number of carbonyl (C=O) groups is 3. The predicted octanol–water partition coefficient (Wildman–Crippen LogP) is 4.16. The fraction of sp³-hybridized carbons (Fsp3) is 0.500. The van der Waals surface area contributed by atoms with E-state index in [0.29, 0.717) is 18.1 Å². The number of thiazole rings is 1. The van der Waals surface area contributed by atoms with Gasteiger partial charge in [0.25, 0.3) is 11.8 Å². The summed E-state index contributed by atoms with van der Waals surface area (Å²) in [5.74, 6) is -0.998. The van der Waals surface area contributed by atoms with Crippen LogP contribution >= 0.6 is 11.3 Å². The van der Waals surface area contributed by atoms with Gasteiger partial charge in [0.2, 0.25) is 0 Å². The van der Waals surface area contributed by atoms with E-state index in [1.54, 1.807) is 26.2 Å². The second-order valence-corrected chi connectivity index (χ2v) is 9.90. The summed E-state index contributed by atoms with van der Waals surface area (Å²) in [7, 11) is 0. The van der Waals surface area contributed by atoms with E-state index in [0.717, 1.165) is 31.4 Å². The highest BCUT2D eigenvalue weighted by molar-refractivity contribution is 7.09. The second-order valence-electron chi connectivity index (χ2n) is 8.96. The van der Waals surface area contributed by atoms with Gasteiger partial charge < -0.3 is 30.2 Å². The van der Waals surface area contributed by atoms with E-state index in [2.05, 4.69) is 25.7 Å². The minimum atomic E-state index is -4.79. The first-order valence-electron chi connectivity index (χ1n) is 11.8. The topological polar surface area (TPSA) is 128 Å². The van der Waals surface area contributed by atoms with Crippen molar-refractivity contribution >= 4 is 29.2 Å². The first-order valence-corrected chi connectivity index (χ1v) is 12.6. The Balaban J connectivity index is 1.59. The number of benzene rings is 1. The highest BCUT2D eigenvalue weighted by Crippen LogP contribution is 2.24. The van der Waals surface area contributed by atoms with E-state index in [-0.39, 0.29) is 30.5 Å². The summed E-state index contributed by atoms with van der Waals surface area (Å²) in [4.78, 5) is 40.0. The van der Waals surface area contributed by atoms with Gasteiger partial charge in [-0.3, -0.25) is 9.59 Å². The summed E-state index contributed by atoms with van der Waals surface area (Å²) in [6, 6.07) is 4.65. The maximum Gasteiger partial charge on any atom is 0.573 e. The van der Waals surface area contributed by atoms with Crippen molar-refractivity contribution in [3.05, 3.63) is 40.3 Å². The van der Waals surface area contributed by atoms with E-state index in [4.69, 9.17) is 9.47 Å². The second kappa shape index (κ2) is 14.4. The molecule has 38 heavy (non-hydrogen) atoms. The minimum absolute atomic E-state index is 0.0865. The van der Waals surface area contributed by atoms with Crippen molar-refractivity contribution in [2.45, 2.75) is 58.5 Å². The van der Waals surface area contributed by atoms with Crippen molar-refractivity contribution in [1.29, 1.82) is 0 Å². The zero-order valence-electron chi connectivity index (χ0n) is 21.3. The Bertz CT molecular complexity index is 1050. The summed E-state index contributed by atoms with van der Waals surface area (Å²) >= 11 is 1.21. The normalized spacial score (nSPS) is 11.4. The molecule has 10 nitrogen and oxygen atoms in total. The van der Waals surface area contributed by atoms with Crippen LogP contribution in [0.5, 0.6) is 11.5 Å². The van der Waals surface area contributed by atoms with Gasteiger partial charge in [-0.15, -0.1) is 24.5 Å². The van der Waals surface area contributed by atoms with Gasteiger partial charge in [0.1, 0.15) is 27.8 Å². The summed E-state index contributed by atoms with van der Waals surface area (Å²) in [5, 5.41) is 10.2. The molecule has 0 saturated heterocycles. The Hall–Kier alpha value is -3.55. The molecule has 0 fully saturated rings. The van der Waals surface area contributed by atoms with Crippen LogP contribution in [0.15, 0.2) is 29.6 Å². The molecular weight excluding hydrogens is 529 g/mol. The molecule has 2 rings (SSSR count). The largest absolute Gasteiger partial charge is 0.573 e. The third-order valence-electron chi connectivity index (χ3n) is 4.46. The van der Waals surface area contributed by atoms with Crippen molar-refractivity contribution in [1.82, 2.24) is 20.9 Å². The number of nitrogens with zero attached hydrogens (tertiary/aromatic N) is 1. The van der Waals surface area contributed by atoms with Gasteiger partial charge in [0.15, 0.2) is 6.61 Å². The number of aromatic nitrogens is 1. The van der Waals surface area contributed by atoms with Crippen LogP contribution in [0.1, 0.15) is 55.5 Å². The van der Waals surface area contributed by atoms with E-state index in [9.17, 15) is 27.6 Å². The monoisotopic (exact) mass is 560 g/mol. The lowest BCUT2D eigenvalue weighted by Crippen LogP contribution is -2.33. The van der Waals surface area contributed by atoms with Gasteiger partial charge in [-0.2, -0.15) is 0 Å². The van der Waals surface area contributed by atoms with Crippen molar-refractivity contribution in [3.63, 3.8) is 0 Å². The average molecular weight is 561 g/mol. The molecule has 3 amide bonds. The minimum Gasteiger partial charge on any atom is -0.484 e. The van der Waals surface area contributed by atoms with E-state index in [1.807, 2.05) is 0 Å². The van der Waals surface area contributed by atoms with Crippen LogP contribution in [0.3, 0.4) is 0 Å². The Morgan fingerprint density at radius 3 is 2.18 bits per heavy atom. The standard InChI is InChI=1S/C24H31F3N4O6S/c1-23(2,3)37-22(34)29-12-6-4-5-11-28-21(33)18-15-38-20(31-18)13-30-19(32)14-35-16-7-9-17(10-8-16)36-24(25,26)27/h7-10,15H,4-6,11-14H2,1-3H3,(H,28,33)(H,29,34)(H,30,32). The summed E-state index contributed by atoms with van der Waals surface area (Å²) < 4.78 is 50.7. The van der Waals surface area contributed by atoms with E-state index >= 15 is 0 Å². The lowest BCUT2D eigenvalue weighted by Gasteiger charge is -2.19. The van der Waals surface area contributed by atoms with Crippen LogP contribution < -0.4 is 25.4 Å². The average Bonchev–Trinajstić information content (AvgIpc) is 3.29. The number of halogens is 3.